The average molecular weight is 313 g/mol. The predicted octanol–water partition coefficient (Wildman–Crippen LogP) is 1.82. The Labute approximate surface area is 115 Å². The highest BCUT2D eigenvalue weighted by Crippen LogP contribution is 2.13. The normalized spacial score (nSPS) is 11.1. The maximum Gasteiger partial charge on any atom is 0.251 e. The zero-order valence-electron chi connectivity index (χ0n) is 10.5. The summed E-state index contributed by atoms with van der Waals surface area (Å²) in [5, 5.41) is 3.46. The number of alkyl halides is 1. The second-order valence-corrected chi connectivity index (χ2v) is 5.32. The molecule has 0 aliphatic heterocycles. The summed E-state index contributed by atoms with van der Waals surface area (Å²) in [5.74, 6) is -0.636. The Morgan fingerprint density at radius 1 is 1.28 bits per heavy atom. The van der Waals surface area contributed by atoms with E-state index in [1.54, 1.807) is 26.0 Å². The topological polar surface area (TPSA) is 72.2 Å². The largest absolute Gasteiger partial charge is 0.369 e. The third-order valence-corrected chi connectivity index (χ3v) is 3.38. The standard InChI is InChI=1S/C13H17BrN2O2/c1-13(2,12(15)18)8-16-11(17)10-5-3-9(7-14)4-6-10/h3-6H,7-8H2,1-2H3,(H2,15,18)(H,16,17). The molecule has 18 heavy (non-hydrogen) atoms. The van der Waals surface area contributed by atoms with Crippen molar-refractivity contribution in [1.82, 2.24) is 5.32 Å². The third-order valence-electron chi connectivity index (χ3n) is 2.73. The fraction of sp³-hybridized carbons (Fsp3) is 0.385. The van der Waals surface area contributed by atoms with Crippen molar-refractivity contribution in [1.29, 1.82) is 0 Å². The number of halogens is 1. The fourth-order valence-electron chi connectivity index (χ4n) is 1.24. The molecule has 98 valence electrons. The number of amides is 2. The molecule has 0 aliphatic carbocycles. The maximum absolute atomic E-state index is 11.8. The summed E-state index contributed by atoms with van der Waals surface area (Å²) < 4.78 is 0. The van der Waals surface area contributed by atoms with Gasteiger partial charge in [0, 0.05) is 17.4 Å². The first-order chi connectivity index (χ1) is 8.36. The van der Waals surface area contributed by atoms with Crippen molar-refractivity contribution in [2.45, 2.75) is 19.2 Å². The number of nitrogens with two attached hydrogens (primary N) is 1. The molecule has 0 saturated heterocycles. The second-order valence-electron chi connectivity index (χ2n) is 4.76. The van der Waals surface area contributed by atoms with Crippen molar-refractivity contribution in [3.05, 3.63) is 35.4 Å². The van der Waals surface area contributed by atoms with Crippen LogP contribution in [0.3, 0.4) is 0 Å². The number of primary amides is 1. The first-order valence-electron chi connectivity index (χ1n) is 5.60. The molecule has 0 bridgehead atoms. The molecule has 3 N–H and O–H groups in total. The van der Waals surface area contributed by atoms with Gasteiger partial charge in [-0.15, -0.1) is 0 Å². The number of carbonyl (C=O) groups is 2. The number of nitrogens with one attached hydrogen (secondary N) is 1. The minimum absolute atomic E-state index is 0.203. The predicted molar refractivity (Wildman–Crippen MR) is 74.4 cm³/mol. The van der Waals surface area contributed by atoms with Crippen LogP contribution >= 0.6 is 15.9 Å². The smallest absolute Gasteiger partial charge is 0.251 e. The van der Waals surface area contributed by atoms with E-state index >= 15 is 0 Å². The average Bonchev–Trinajstić information content (AvgIpc) is 2.36. The first kappa shape index (κ1) is 14.7. The van der Waals surface area contributed by atoms with Gasteiger partial charge in [-0.2, -0.15) is 0 Å². The van der Waals surface area contributed by atoms with E-state index in [2.05, 4.69) is 21.2 Å². The van der Waals surface area contributed by atoms with Gasteiger partial charge < -0.3 is 11.1 Å². The van der Waals surface area contributed by atoms with E-state index in [0.717, 1.165) is 10.9 Å². The van der Waals surface area contributed by atoms with Crippen LogP contribution in [0, 0.1) is 5.41 Å². The van der Waals surface area contributed by atoms with Gasteiger partial charge in [-0.1, -0.05) is 28.1 Å². The van der Waals surface area contributed by atoms with Crippen molar-refractivity contribution in [2.24, 2.45) is 11.1 Å². The van der Waals surface area contributed by atoms with Gasteiger partial charge in [0.05, 0.1) is 5.41 Å². The molecule has 0 atom stereocenters. The molecule has 0 unspecified atom stereocenters. The van der Waals surface area contributed by atoms with E-state index in [0.29, 0.717) is 5.56 Å². The Kier molecular flexibility index (Phi) is 4.90. The van der Waals surface area contributed by atoms with Gasteiger partial charge in [-0.05, 0) is 31.5 Å². The van der Waals surface area contributed by atoms with Crippen molar-refractivity contribution in [2.75, 3.05) is 6.54 Å². The number of hydrogen-bond acceptors (Lipinski definition) is 2. The highest BCUT2D eigenvalue weighted by atomic mass is 79.9. The lowest BCUT2D eigenvalue weighted by Crippen LogP contribution is -2.42. The first-order valence-corrected chi connectivity index (χ1v) is 6.72. The van der Waals surface area contributed by atoms with Crippen LogP contribution in [0.25, 0.3) is 0 Å². The Morgan fingerprint density at radius 3 is 2.28 bits per heavy atom. The quantitative estimate of drug-likeness (QED) is 0.814. The molecular formula is C13H17BrN2O2. The lowest BCUT2D eigenvalue weighted by Gasteiger charge is -2.20. The molecule has 0 radical (unpaired) electrons. The highest BCUT2D eigenvalue weighted by molar-refractivity contribution is 9.08. The van der Waals surface area contributed by atoms with Crippen molar-refractivity contribution < 1.29 is 9.59 Å². The Hall–Kier alpha value is -1.36. The van der Waals surface area contributed by atoms with Crippen LogP contribution < -0.4 is 11.1 Å². The Balaban J connectivity index is 2.63. The monoisotopic (exact) mass is 312 g/mol. The number of benzene rings is 1. The van der Waals surface area contributed by atoms with Gasteiger partial charge in [-0.25, -0.2) is 0 Å². The fourth-order valence-corrected chi connectivity index (χ4v) is 1.61. The summed E-state index contributed by atoms with van der Waals surface area (Å²) in [6.07, 6.45) is 0. The molecule has 4 nitrogen and oxygen atoms in total. The Bertz CT molecular complexity index is 441. The van der Waals surface area contributed by atoms with E-state index in [4.69, 9.17) is 5.73 Å². The minimum Gasteiger partial charge on any atom is -0.369 e. The molecule has 2 amide bonds. The molecule has 5 heteroatoms. The zero-order chi connectivity index (χ0) is 13.8. The van der Waals surface area contributed by atoms with Crippen LogP contribution in [0.1, 0.15) is 29.8 Å². The van der Waals surface area contributed by atoms with Crippen molar-refractivity contribution >= 4 is 27.7 Å². The minimum atomic E-state index is -0.745. The lowest BCUT2D eigenvalue weighted by molar-refractivity contribution is -0.125. The van der Waals surface area contributed by atoms with E-state index in [9.17, 15) is 9.59 Å². The molecule has 0 heterocycles. The molecule has 0 aliphatic rings. The van der Waals surface area contributed by atoms with Crippen LogP contribution in [0.15, 0.2) is 24.3 Å². The molecule has 1 rings (SSSR count). The summed E-state index contributed by atoms with van der Waals surface area (Å²) in [4.78, 5) is 23.0. The number of carbonyl (C=O) groups excluding carboxylic acids is 2. The molecule has 1 aromatic rings. The van der Waals surface area contributed by atoms with Crippen LogP contribution in [0.5, 0.6) is 0 Å². The van der Waals surface area contributed by atoms with Crippen molar-refractivity contribution in [3.8, 4) is 0 Å². The third kappa shape index (κ3) is 3.84. The SMILES string of the molecule is CC(C)(CNC(=O)c1ccc(CBr)cc1)C(N)=O. The summed E-state index contributed by atoms with van der Waals surface area (Å²) >= 11 is 3.34. The Morgan fingerprint density at radius 2 is 1.83 bits per heavy atom. The molecule has 0 aromatic heterocycles. The van der Waals surface area contributed by atoms with Gasteiger partial charge in [0.1, 0.15) is 0 Å². The van der Waals surface area contributed by atoms with Crippen LogP contribution in [0.2, 0.25) is 0 Å². The van der Waals surface area contributed by atoms with Gasteiger partial charge in [0.2, 0.25) is 5.91 Å². The summed E-state index contributed by atoms with van der Waals surface area (Å²) in [7, 11) is 0. The van der Waals surface area contributed by atoms with E-state index in [-0.39, 0.29) is 12.5 Å². The van der Waals surface area contributed by atoms with Gasteiger partial charge in [0.15, 0.2) is 0 Å². The second kappa shape index (κ2) is 6.00. The van der Waals surface area contributed by atoms with E-state index in [1.807, 2.05) is 12.1 Å². The van der Waals surface area contributed by atoms with Gasteiger partial charge in [-0.3, -0.25) is 9.59 Å². The van der Waals surface area contributed by atoms with Crippen LogP contribution in [0.4, 0.5) is 0 Å². The van der Waals surface area contributed by atoms with Crippen LogP contribution in [-0.2, 0) is 10.1 Å². The lowest BCUT2D eigenvalue weighted by atomic mass is 9.92. The van der Waals surface area contributed by atoms with E-state index < -0.39 is 11.3 Å². The molecule has 0 spiro atoms. The van der Waals surface area contributed by atoms with Crippen molar-refractivity contribution in [3.63, 3.8) is 0 Å². The van der Waals surface area contributed by atoms with E-state index in [1.165, 1.54) is 0 Å². The highest BCUT2D eigenvalue weighted by Gasteiger charge is 2.25. The van der Waals surface area contributed by atoms with Gasteiger partial charge >= 0.3 is 0 Å². The maximum atomic E-state index is 11.8. The molecule has 0 fully saturated rings. The zero-order valence-corrected chi connectivity index (χ0v) is 12.1. The summed E-state index contributed by atoms with van der Waals surface area (Å²) in [5.41, 5.74) is 6.16. The summed E-state index contributed by atoms with van der Waals surface area (Å²) in [6, 6.07) is 7.26. The number of rotatable bonds is 5. The molecule has 1 aromatic carbocycles. The van der Waals surface area contributed by atoms with Crippen LogP contribution in [-0.4, -0.2) is 18.4 Å². The van der Waals surface area contributed by atoms with Gasteiger partial charge in [0.25, 0.3) is 5.91 Å². The molecular weight excluding hydrogens is 296 g/mol. The molecule has 0 saturated carbocycles. The number of hydrogen-bond donors (Lipinski definition) is 2. The summed E-state index contributed by atoms with van der Waals surface area (Å²) in [6.45, 7) is 3.62.